The number of hydrogen-bond acceptors (Lipinski definition) is 4. The third kappa shape index (κ3) is 5.96. The van der Waals surface area contributed by atoms with Crippen molar-refractivity contribution in [2.75, 3.05) is 22.1 Å². The average Bonchev–Trinajstić information content (AvgIpc) is 3.25. The Morgan fingerprint density at radius 3 is 2.31 bits per heavy atom. The quantitative estimate of drug-likeness (QED) is 0.473. The van der Waals surface area contributed by atoms with Crippen LogP contribution >= 0.6 is 0 Å². The Kier molecular flexibility index (Phi) is 7.44. The minimum absolute atomic E-state index is 0.0705. The lowest BCUT2D eigenvalue weighted by Gasteiger charge is -2.18. The van der Waals surface area contributed by atoms with Crippen molar-refractivity contribution in [3.63, 3.8) is 0 Å². The zero-order valence-electron chi connectivity index (χ0n) is 20.2. The Morgan fingerprint density at radius 2 is 1.61 bits per heavy atom. The summed E-state index contributed by atoms with van der Waals surface area (Å²) in [6.45, 7) is 4.02. The molecule has 3 N–H and O–H groups in total. The SMILES string of the molecule is CC(=O)Nc1ccc(N2CC(C(=O)Nc3ccccc3C(=O)NCc3ccc(C)cc3)CC2=O)cc1. The zero-order chi connectivity index (χ0) is 25.7. The topological polar surface area (TPSA) is 108 Å². The third-order valence-corrected chi connectivity index (χ3v) is 6.00. The number of nitrogens with one attached hydrogen (secondary N) is 3. The standard InChI is InChI=1S/C28H28N4O4/c1-18-7-9-20(10-8-18)16-29-28(36)24-5-3-4-6-25(24)31-27(35)21-15-26(34)32(17-21)23-13-11-22(12-14-23)30-19(2)33/h3-14,21H,15-17H2,1-2H3,(H,29,36)(H,30,33)(H,31,35). The molecule has 0 saturated carbocycles. The summed E-state index contributed by atoms with van der Waals surface area (Å²) in [5.74, 6) is -1.52. The lowest BCUT2D eigenvalue weighted by Crippen LogP contribution is -2.29. The van der Waals surface area contributed by atoms with Crippen molar-refractivity contribution in [3.05, 3.63) is 89.5 Å². The molecule has 3 aromatic carbocycles. The number of para-hydroxylation sites is 1. The third-order valence-electron chi connectivity index (χ3n) is 6.00. The van der Waals surface area contributed by atoms with Gasteiger partial charge in [-0.1, -0.05) is 42.0 Å². The summed E-state index contributed by atoms with van der Waals surface area (Å²) in [7, 11) is 0. The molecule has 0 radical (unpaired) electrons. The summed E-state index contributed by atoms with van der Waals surface area (Å²) in [5, 5.41) is 8.41. The van der Waals surface area contributed by atoms with Crippen molar-refractivity contribution in [3.8, 4) is 0 Å². The first kappa shape index (κ1) is 24.7. The first-order chi connectivity index (χ1) is 17.3. The summed E-state index contributed by atoms with van der Waals surface area (Å²) < 4.78 is 0. The van der Waals surface area contributed by atoms with Crippen LogP contribution < -0.4 is 20.9 Å². The van der Waals surface area contributed by atoms with Gasteiger partial charge in [0.1, 0.15) is 0 Å². The zero-order valence-corrected chi connectivity index (χ0v) is 20.2. The van der Waals surface area contributed by atoms with Gasteiger partial charge in [0.25, 0.3) is 5.91 Å². The maximum absolute atomic E-state index is 13.0. The van der Waals surface area contributed by atoms with Gasteiger partial charge in [0.05, 0.1) is 17.2 Å². The maximum Gasteiger partial charge on any atom is 0.253 e. The van der Waals surface area contributed by atoms with E-state index in [0.717, 1.165) is 11.1 Å². The molecule has 1 aliphatic heterocycles. The van der Waals surface area contributed by atoms with Crippen molar-refractivity contribution >= 4 is 40.7 Å². The number of benzene rings is 3. The minimum Gasteiger partial charge on any atom is -0.348 e. The Labute approximate surface area is 209 Å². The molecule has 0 aliphatic carbocycles. The molecule has 4 rings (SSSR count). The van der Waals surface area contributed by atoms with E-state index in [0.29, 0.717) is 29.2 Å². The van der Waals surface area contributed by atoms with Gasteiger partial charge in [-0.2, -0.15) is 0 Å². The fraction of sp³-hybridized carbons (Fsp3) is 0.214. The van der Waals surface area contributed by atoms with Gasteiger partial charge in [0.2, 0.25) is 17.7 Å². The van der Waals surface area contributed by atoms with Gasteiger partial charge in [-0.25, -0.2) is 0 Å². The van der Waals surface area contributed by atoms with Crippen molar-refractivity contribution in [2.45, 2.75) is 26.8 Å². The minimum atomic E-state index is -0.559. The van der Waals surface area contributed by atoms with Crippen molar-refractivity contribution in [1.29, 1.82) is 0 Å². The van der Waals surface area contributed by atoms with E-state index in [1.54, 1.807) is 53.4 Å². The van der Waals surface area contributed by atoms with Gasteiger partial charge in [-0.05, 0) is 48.9 Å². The van der Waals surface area contributed by atoms with Gasteiger partial charge in [-0.3, -0.25) is 19.2 Å². The number of rotatable bonds is 7. The van der Waals surface area contributed by atoms with Gasteiger partial charge in [-0.15, -0.1) is 0 Å². The van der Waals surface area contributed by atoms with Crippen LogP contribution in [0.3, 0.4) is 0 Å². The number of carbonyl (C=O) groups excluding carboxylic acids is 4. The summed E-state index contributed by atoms with van der Waals surface area (Å²) in [6, 6.07) is 21.6. The normalized spacial score (nSPS) is 14.9. The molecule has 1 saturated heterocycles. The summed E-state index contributed by atoms with van der Waals surface area (Å²) in [6.07, 6.45) is 0.0705. The fourth-order valence-corrected chi connectivity index (χ4v) is 4.07. The van der Waals surface area contributed by atoms with Crippen LogP contribution in [0, 0.1) is 12.8 Å². The Balaban J connectivity index is 1.39. The second-order valence-electron chi connectivity index (χ2n) is 8.84. The van der Waals surface area contributed by atoms with Crippen LogP contribution in [0.2, 0.25) is 0 Å². The molecule has 3 aromatic rings. The molecular weight excluding hydrogens is 456 g/mol. The Bertz CT molecular complexity index is 1290. The first-order valence-corrected chi connectivity index (χ1v) is 11.7. The molecule has 0 bridgehead atoms. The molecule has 36 heavy (non-hydrogen) atoms. The van der Waals surface area contributed by atoms with Crippen LogP contribution in [0.5, 0.6) is 0 Å². The Hall–Kier alpha value is -4.46. The molecule has 1 unspecified atom stereocenters. The molecule has 4 amide bonds. The lowest BCUT2D eigenvalue weighted by molar-refractivity contribution is -0.122. The van der Waals surface area contributed by atoms with E-state index in [9.17, 15) is 19.2 Å². The van der Waals surface area contributed by atoms with Crippen LogP contribution in [0.25, 0.3) is 0 Å². The van der Waals surface area contributed by atoms with E-state index in [-0.39, 0.29) is 36.6 Å². The lowest BCUT2D eigenvalue weighted by atomic mass is 10.1. The van der Waals surface area contributed by atoms with E-state index in [4.69, 9.17) is 0 Å². The number of nitrogens with zero attached hydrogens (tertiary/aromatic N) is 1. The van der Waals surface area contributed by atoms with Crippen LogP contribution in [-0.4, -0.2) is 30.2 Å². The highest BCUT2D eigenvalue weighted by Gasteiger charge is 2.35. The van der Waals surface area contributed by atoms with Gasteiger partial charge < -0.3 is 20.9 Å². The largest absolute Gasteiger partial charge is 0.348 e. The van der Waals surface area contributed by atoms with Crippen LogP contribution in [0.1, 0.15) is 34.8 Å². The van der Waals surface area contributed by atoms with E-state index in [1.807, 2.05) is 31.2 Å². The number of aryl methyl sites for hydroxylation is 1. The van der Waals surface area contributed by atoms with Crippen LogP contribution in [0.4, 0.5) is 17.1 Å². The van der Waals surface area contributed by atoms with Crippen molar-refractivity contribution < 1.29 is 19.2 Å². The highest BCUT2D eigenvalue weighted by atomic mass is 16.2. The molecule has 1 heterocycles. The predicted octanol–water partition coefficient (Wildman–Crippen LogP) is 3.88. The molecule has 8 heteroatoms. The molecule has 8 nitrogen and oxygen atoms in total. The van der Waals surface area contributed by atoms with Gasteiger partial charge in [0, 0.05) is 37.8 Å². The van der Waals surface area contributed by atoms with E-state index in [2.05, 4.69) is 16.0 Å². The fourth-order valence-electron chi connectivity index (χ4n) is 4.07. The summed E-state index contributed by atoms with van der Waals surface area (Å²) in [5.41, 5.74) is 4.15. The number of carbonyl (C=O) groups is 4. The summed E-state index contributed by atoms with van der Waals surface area (Å²) in [4.78, 5) is 51.3. The second kappa shape index (κ2) is 10.9. The number of amides is 4. The number of anilines is 3. The van der Waals surface area contributed by atoms with Crippen molar-refractivity contribution in [1.82, 2.24) is 5.32 Å². The number of hydrogen-bond donors (Lipinski definition) is 3. The van der Waals surface area contributed by atoms with E-state index < -0.39 is 5.92 Å². The molecule has 184 valence electrons. The van der Waals surface area contributed by atoms with Crippen LogP contribution in [-0.2, 0) is 20.9 Å². The molecule has 1 aliphatic rings. The smallest absolute Gasteiger partial charge is 0.253 e. The summed E-state index contributed by atoms with van der Waals surface area (Å²) >= 11 is 0. The Morgan fingerprint density at radius 1 is 0.917 bits per heavy atom. The molecule has 0 spiro atoms. The monoisotopic (exact) mass is 484 g/mol. The van der Waals surface area contributed by atoms with Crippen LogP contribution in [0.15, 0.2) is 72.8 Å². The van der Waals surface area contributed by atoms with E-state index >= 15 is 0 Å². The molecule has 1 fully saturated rings. The molecular formula is C28H28N4O4. The highest BCUT2D eigenvalue weighted by Crippen LogP contribution is 2.27. The second-order valence-corrected chi connectivity index (χ2v) is 8.84. The van der Waals surface area contributed by atoms with Gasteiger partial charge in [0.15, 0.2) is 0 Å². The van der Waals surface area contributed by atoms with Gasteiger partial charge >= 0.3 is 0 Å². The predicted molar refractivity (Wildman–Crippen MR) is 139 cm³/mol. The molecule has 1 atom stereocenters. The van der Waals surface area contributed by atoms with E-state index in [1.165, 1.54) is 6.92 Å². The average molecular weight is 485 g/mol. The highest BCUT2D eigenvalue weighted by molar-refractivity contribution is 6.07. The molecule has 0 aromatic heterocycles. The first-order valence-electron chi connectivity index (χ1n) is 11.7. The van der Waals surface area contributed by atoms with Crippen molar-refractivity contribution in [2.24, 2.45) is 5.92 Å². The maximum atomic E-state index is 13.0.